The van der Waals surface area contributed by atoms with Crippen LogP contribution in [0.2, 0.25) is 0 Å². The standard InChI is InChI=1S/C21H22F3N3O3/c1-12-7-6-8-17(20(15(4)28)27-29-5)18(12)11-30-26-14(3)19-10-16(21(22,23)24)9-13(2)25-19/h6-10H,11H2,1-5H3/b26-14+,27-20-. The van der Waals surface area contributed by atoms with Gasteiger partial charge in [-0.3, -0.25) is 9.78 Å². The molecule has 0 bridgehead atoms. The van der Waals surface area contributed by atoms with Crippen LogP contribution in [0.25, 0.3) is 0 Å². The predicted octanol–water partition coefficient (Wildman–Crippen LogP) is 4.60. The van der Waals surface area contributed by atoms with E-state index < -0.39 is 11.7 Å². The van der Waals surface area contributed by atoms with Gasteiger partial charge in [0.2, 0.25) is 0 Å². The van der Waals surface area contributed by atoms with Gasteiger partial charge in [-0.05, 0) is 38.5 Å². The van der Waals surface area contributed by atoms with Crippen LogP contribution in [0.3, 0.4) is 0 Å². The smallest absolute Gasteiger partial charge is 0.399 e. The molecule has 1 heterocycles. The van der Waals surface area contributed by atoms with Crippen molar-refractivity contribution in [1.82, 2.24) is 4.98 Å². The van der Waals surface area contributed by atoms with Crippen molar-refractivity contribution in [3.8, 4) is 0 Å². The fraction of sp³-hybridized carbons (Fsp3) is 0.333. The first-order valence-corrected chi connectivity index (χ1v) is 8.98. The first kappa shape index (κ1) is 23.1. The van der Waals surface area contributed by atoms with Crippen molar-refractivity contribution in [3.05, 3.63) is 64.0 Å². The molecule has 1 aromatic carbocycles. The summed E-state index contributed by atoms with van der Waals surface area (Å²) >= 11 is 0. The minimum absolute atomic E-state index is 0.0205. The fourth-order valence-electron chi connectivity index (χ4n) is 2.77. The average Bonchev–Trinajstić information content (AvgIpc) is 2.66. The molecule has 2 aromatic rings. The number of ketones is 1. The summed E-state index contributed by atoms with van der Waals surface area (Å²) in [5.74, 6) is -0.285. The zero-order valence-electron chi connectivity index (χ0n) is 17.3. The molecular weight excluding hydrogens is 399 g/mol. The van der Waals surface area contributed by atoms with Crippen molar-refractivity contribution in [3.63, 3.8) is 0 Å². The Hall–Kier alpha value is -3.23. The first-order valence-electron chi connectivity index (χ1n) is 8.98. The number of halogens is 3. The molecule has 0 saturated carbocycles. The average molecular weight is 421 g/mol. The Bertz CT molecular complexity index is 999. The molecule has 0 spiro atoms. The van der Waals surface area contributed by atoms with Crippen LogP contribution in [0.15, 0.2) is 40.6 Å². The molecule has 0 aliphatic heterocycles. The van der Waals surface area contributed by atoms with Crippen molar-refractivity contribution >= 4 is 17.2 Å². The number of rotatable bonds is 7. The Balaban J connectivity index is 2.31. The Morgan fingerprint density at radius 3 is 2.43 bits per heavy atom. The lowest BCUT2D eigenvalue weighted by molar-refractivity contribution is -0.137. The van der Waals surface area contributed by atoms with Crippen molar-refractivity contribution < 1.29 is 27.6 Å². The largest absolute Gasteiger partial charge is 0.416 e. The van der Waals surface area contributed by atoms with E-state index in [-0.39, 0.29) is 35.2 Å². The highest BCUT2D eigenvalue weighted by atomic mass is 19.4. The van der Waals surface area contributed by atoms with Crippen LogP contribution < -0.4 is 0 Å². The van der Waals surface area contributed by atoms with E-state index >= 15 is 0 Å². The van der Waals surface area contributed by atoms with Crippen LogP contribution in [-0.2, 0) is 27.3 Å². The van der Waals surface area contributed by atoms with Crippen LogP contribution in [0.1, 0.15) is 47.5 Å². The van der Waals surface area contributed by atoms with Gasteiger partial charge in [-0.1, -0.05) is 28.5 Å². The summed E-state index contributed by atoms with van der Waals surface area (Å²) in [5.41, 5.74) is 1.84. The molecule has 30 heavy (non-hydrogen) atoms. The molecule has 1 aromatic heterocycles. The lowest BCUT2D eigenvalue weighted by atomic mass is 9.97. The van der Waals surface area contributed by atoms with E-state index in [4.69, 9.17) is 9.68 Å². The monoisotopic (exact) mass is 421 g/mol. The minimum Gasteiger partial charge on any atom is -0.399 e. The predicted molar refractivity (Wildman–Crippen MR) is 106 cm³/mol. The number of oxime groups is 2. The number of aryl methyl sites for hydroxylation is 2. The van der Waals surface area contributed by atoms with Gasteiger partial charge in [-0.15, -0.1) is 0 Å². The molecule has 0 fully saturated rings. The summed E-state index contributed by atoms with van der Waals surface area (Å²) in [6, 6.07) is 7.20. The molecular formula is C21H22F3N3O3. The maximum Gasteiger partial charge on any atom is 0.416 e. The van der Waals surface area contributed by atoms with E-state index in [0.29, 0.717) is 11.1 Å². The number of alkyl halides is 3. The third-order valence-electron chi connectivity index (χ3n) is 4.24. The van der Waals surface area contributed by atoms with E-state index in [1.54, 1.807) is 12.1 Å². The van der Waals surface area contributed by atoms with E-state index in [2.05, 4.69) is 15.3 Å². The van der Waals surface area contributed by atoms with E-state index in [1.165, 1.54) is 27.9 Å². The zero-order valence-corrected chi connectivity index (χ0v) is 17.3. The Morgan fingerprint density at radius 1 is 1.13 bits per heavy atom. The van der Waals surface area contributed by atoms with Crippen molar-refractivity contribution in [2.24, 2.45) is 10.3 Å². The topological polar surface area (TPSA) is 73.1 Å². The second kappa shape index (κ2) is 9.51. The highest BCUT2D eigenvalue weighted by molar-refractivity contribution is 6.45. The Kier molecular flexibility index (Phi) is 7.31. The van der Waals surface area contributed by atoms with Crippen LogP contribution in [-0.4, -0.2) is 29.3 Å². The van der Waals surface area contributed by atoms with Gasteiger partial charge in [0.15, 0.2) is 11.5 Å². The number of carbonyl (C=O) groups excluding carboxylic acids is 1. The summed E-state index contributed by atoms with van der Waals surface area (Å²) < 4.78 is 39.1. The van der Waals surface area contributed by atoms with Gasteiger partial charge < -0.3 is 9.68 Å². The molecule has 0 aliphatic carbocycles. The summed E-state index contributed by atoms with van der Waals surface area (Å²) in [6.45, 7) is 6.17. The van der Waals surface area contributed by atoms with Crippen LogP contribution in [0, 0.1) is 13.8 Å². The number of nitrogens with zero attached hydrogens (tertiary/aromatic N) is 3. The number of pyridine rings is 1. The maximum absolute atomic E-state index is 13.0. The lowest BCUT2D eigenvalue weighted by Crippen LogP contribution is -2.16. The third-order valence-corrected chi connectivity index (χ3v) is 4.24. The minimum atomic E-state index is -4.48. The summed E-state index contributed by atoms with van der Waals surface area (Å²) in [5, 5.41) is 7.71. The molecule has 0 unspecified atom stereocenters. The third kappa shape index (κ3) is 5.65. The summed E-state index contributed by atoms with van der Waals surface area (Å²) in [6.07, 6.45) is -4.48. The summed E-state index contributed by atoms with van der Waals surface area (Å²) in [4.78, 5) is 26.2. The van der Waals surface area contributed by atoms with Gasteiger partial charge >= 0.3 is 6.18 Å². The number of hydrogen-bond acceptors (Lipinski definition) is 6. The highest BCUT2D eigenvalue weighted by Gasteiger charge is 2.31. The molecule has 0 amide bonds. The van der Waals surface area contributed by atoms with Crippen molar-refractivity contribution in [1.29, 1.82) is 0 Å². The maximum atomic E-state index is 13.0. The Labute approximate surface area is 172 Å². The quantitative estimate of drug-likeness (QED) is 0.484. The molecule has 0 N–H and O–H groups in total. The van der Waals surface area contributed by atoms with Gasteiger partial charge in [0.1, 0.15) is 19.4 Å². The van der Waals surface area contributed by atoms with Gasteiger partial charge in [-0.2, -0.15) is 13.2 Å². The molecule has 0 aliphatic rings. The van der Waals surface area contributed by atoms with Crippen molar-refractivity contribution in [2.75, 3.05) is 7.11 Å². The second-order valence-corrected chi connectivity index (χ2v) is 6.61. The van der Waals surface area contributed by atoms with Crippen LogP contribution in [0.4, 0.5) is 13.2 Å². The molecule has 9 heteroatoms. The Morgan fingerprint density at radius 2 is 1.83 bits per heavy atom. The molecule has 0 atom stereocenters. The lowest BCUT2D eigenvalue weighted by Gasteiger charge is -2.12. The van der Waals surface area contributed by atoms with E-state index in [0.717, 1.165) is 17.7 Å². The van der Waals surface area contributed by atoms with Gasteiger partial charge in [0, 0.05) is 23.7 Å². The number of aromatic nitrogens is 1. The molecule has 0 saturated heterocycles. The zero-order chi connectivity index (χ0) is 22.5. The number of carbonyl (C=O) groups is 1. The van der Waals surface area contributed by atoms with Gasteiger partial charge in [0.25, 0.3) is 0 Å². The second-order valence-electron chi connectivity index (χ2n) is 6.61. The molecule has 160 valence electrons. The molecule has 0 radical (unpaired) electrons. The molecule has 2 rings (SSSR count). The fourth-order valence-corrected chi connectivity index (χ4v) is 2.77. The number of benzene rings is 1. The SMILES string of the molecule is CO/N=C(/C(C)=O)c1cccc(C)c1CO/N=C(\C)c1cc(C(F)(F)F)cc(C)n1. The summed E-state index contributed by atoms with van der Waals surface area (Å²) in [7, 11) is 1.34. The normalized spacial score (nSPS) is 12.7. The van der Waals surface area contributed by atoms with Gasteiger partial charge in [-0.25, -0.2) is 0 Å². The van der Waals surface area contributed by atoms with Gasteiger partial charge in [0.05, 0.1) is 11.3 Å². The van der Waals surface area contributed by atoms with Crippen LogP contribution >= 0.6 is 0 Å². The van der Waals surface area contributed by atoms with E-state index in [9.17, 15) is 18.0 Å². The first-order chi connectivity index (χ1) is 14.0. The van der Waals surface area contributed by atoms with Crippen LogP contribution in [0.5, 0.6) is 0 Å². The number of Topliss-reactive ketones (excluding diaryl/α,β-unsaturated/α-hetero) is 1. The van der Waals surface area contributed by atoms with E-state index in [1.807, 2.05) is 13.0 Å². The van der Waals surface area contributed by atoms with Crippen molar-refractivity contribution in [2.45, 2.75) is 40.5 Å². The number of hydrogen-bond donors (Lipinski definition) is 0. The molecule has 6 nitrogen and oxygen atoms in total. The highest BCUT2D eigenvalue weighted by Crippen LogP contribution is 2.30.